The molecular weight excluding hydrogens is 215 g/mol. The minimum absolute atomic E-state index is 0. The maximum Gasteiger partial charge on any atom is 2.00 e. The van der Waals surface area contributed by atoms with Crippen molar-refractivity contribution >= 4 is 23.1 Å². The Morgan fingerprint density at radius 3 is 2.29 bits per heavy atom. The van der Waals surface area contributed by atoms with E-state index in [-0.39, 0.29) is 47.0 Å². The van der Waals surface area contributed by atoms with Gasteiger partial charge in [0.25, 0.3) is 0 Å². The quantitative estimate of drug-likeness (QED) is 0.271. The van der Waals surface area contributed by atoms with Crippen LogP contribution in [0.2, 0.25) is 0 Å². The van der Waals surface area contributed by atoms with E-state index >= 15 is 0 Å². The first-order valence-electron chi connectivity index (χ1n) is 1.40. The van der Waals surface area contributed by atoms with Gasteiger partial charge in [-0.2, -0.15) is 6.07 Å². The van der Waals surface area contributed by atoms with Gasteiger partial charge in [0.2, 0.25) is 0 Å². The van der Waals surface area contributed by atoms with Crippen molar-refractivity contribution in [3.63, 3.8) is 0 Å². The molecule has 1 aromatic heterocycles. The topological polar surface area (TPSA) is 13.1 Å². The zero-order valence-electron chi connectivity index (χ0n) is 3.73. The van der Waals surface area contributed by atoms with Crippen molar-refractivity contribution in [2.24, 2.45) is 0 Å². The predicted octanol–water partition coefficient (Wildman–Crippen LogP) is -2.30. The van der Waals surface area contributed by atoms with E-state index in [4.69, 9.17) is 0 Å². The second-order valence-electron chi connectivity index (χ2n) is 0.731. The summed E-state index contributed by atoms with van der Waals surface area (Å²) in [6, 6.07) is 3.49. The van der Waals surface area contributed by atoms with Gasteiger partial charge in [-0.15, -0.1) is 6.07 Å². The summed E-state index contributed by atoms with van der Waals surface area (Å²) in [6.07, 6.45) is 4.06. The van der Waals surface area contributed by atoms with Crippen LogP contribution < -0.4 is 24.0 Å². The van der Waals surface area contributed by atoms with Crippen LogP contribution in [-0.2, 0) is 0 Å². The molecule has 0 bridgehead atoms. The van der Waals surface area contributed by atoms with Crippen molar-refractivity contribution in [1.82, 2.24) is 0 Å². The molecule has 0 aliphatic rings. The van der Waals surface area contributed by atoms with Gasteiger partial charge in [-0.05, 0) is 6.26 Å². The molecule has 0 saturated heterocycles. The number of hydrogen-bond acceptors (Lipinski definition) is 1. The third kappa shape index (κ3) is 4.63. The number of rotatable bonds is 0. The Morgan fingerprint density at radius 2 is 2.14 bits per heavy atom. The van der Waals surface area contributed by atoms with Gasteiger partial charge in [0.15, 0.2) is 0 Å². The molecule has 0 atom stereocenters. The standard InChI is InChI=1S/C4H3O.HI.Mg/c1-2-4-5-3-1;;/h1-3H;1H;/q-1;;+2/p-1. The summed E-state index contributed by atoms with van der Waals surface area (Å²) in [7, 11) is 0. The summed E-state index contributed by atoms with van der Waals surface area (Å²) in [5, 5.41) is 0. The first kappa shape index (κ1) is 10.7. The van der Waals surface area contributed by atoms with E-state index in [2.05, 4.69) is 10.7 Å². The summed E-state index contributed by atoms with van der Waals surface area (Å²) >= 11 is 0. The molecule has 1 heterocycles. The van der Waals surface area contributed by atoms with E-state index in [1.807, 2.05) is 0 Å². The van der Waals surface area contributed by atoms with Crippen LogP contribution in [0.4, 0.5) is 0 Å². The average molecular weight is 218 g/mol. The molecule has 0 aliphatic carbocycles. The molecule has 34 valence electrons. The summed E-state index contributed by atoms with van der Waals surface area (Å²) < 4.78 is 4.46. The SMILES string of the molecule is [I-].[Mg+2].[c-]1ccco1. The van der Waals surface area contributed by atoms with Crippen molar-refractivity contribution in [3.05, 3.63) is 24.7 Å². The first-order valence-corrected chi connectivity index (χ1v) is 1.40. The molecule has 0 saturated carbocycles. The number of halogens is 1. The van der Waals surface area contributed by atoms with E-state index in [9.17, 15) is 0 Å². The van der Waals surface area contributed by atoms with Crippen LogP contribution in [0.15, 0.2) is 22.8 Å². The third-order valence-electron chi connectivity index (χ3n) is 0.379. The molecule has 1 nitrogen and oxygen atoms in total. The van der Waals surface area contributed by atoms with Crippen LogP contribution in [0, 0.1) is 6.26 Å². The summed E-state index contributed by atoms with van der Waals surface area (Å²) in [4.78, 5) is 0. The molecule has 1 aromatic rings. The maximum absolute atomic E-state index is 4.46. The molecule has 7 heavy (non-hydrogen) atoms. The van der Waals surface area contributed by atoms with E-state index in [0.717, 1.165) is 0 Å². The van der Waals surface area contributed by atoms with Crippen molar-refractivity contribution < 1.29 is 28.4 Å². The summed E-state index contributed by atoms with van der Waals surface area (Å²) in [5.41, 5.74) is 0. The Bertz CT molecular complexity index is 68.2. The number of hydrogen-bond donors (Lipinski definition) is 0. The second kappa shape index (κ2) is 6.78. The molecule has 0 spiro atoms. The molecular formula is C4H3IMgO. The number of furan rings is 1. The molecule has 0 amide bonds. The Morgan fingerprint density at radius 1 is 1.43 bits per heavy atom. The molecule has 0 unspecified atom stereocenters. The summed E-state index contributed by atoms with van der Waals surface area (Å²) in [6.45, 7) is 0. The fraction of sp³-hybridized carbons (Fsp3) is 0. The van der Waals surface area contributed by atoms with Crippen LogP contribution in [0.1, 0.15) is 0 Å². The molecule has 0 fully saturated rings. The Balaban J connectivity index is 0. The Kier molecular flexibility index (Phi) is 10.4. The Hall–Kier alpha value is 0.776. The average Bonchev–Trinajstić information content (AvgIpc) is 1.76. The monoisotopic (exact) mass is 218 g/mol. The van der Waals surface area contributed by atoms with Gasteiger partial charge in [0.1, 0.15) is 0 Å². The fourth-order valence-electron chi connectivity index (χ4n) is 0.196. The van der Waals surface area contributed by atoms with Gasteiger partial charge in [0, 0.05) is 0 Å². The van der Waals surface area contributed by atoms with Crippen molar-refractivity contribution in [1.29, 1.82) is 0 Å². The maximum atomic E-state index is 4.46. The van der Waals surface area contributed by atoms with Crippen LogP contribution >= 0.6 is 0 Å². The van der Waals surface area contributed by atoms with Gasteiger partial charge in [0.05, 0.1) is 0 Å². The first-order chi connectivity index (χ1) is 2.50. The molecule has 0 N–H and O–H groups in total. The van der Waals surface area contributed by atoms with E-state index in [1.165, 1.54) is 0 Å². The fourth-order valence-corrected chi connectivity index (χ4v) is 0.196. The molecule has 0 aromatic carbocycles. The predicted molar refractivity (Wildman–Crippen MR) is 23.3 cm³/mol. The zero-order valence-corrected chi connectivity index (χ0v) is 7.30. The summed E-state index contributed by atoms with van der Waals surface area (Å²) in [5.74, 6) is 0. The van der Waals surface area contributed by atoms with Gasteiger partial charge in [-0.3, -0.25) is 0 Å². The van der Waals surface area contributed by atoms with Crippen molar-refractivity contribution in [2.45, 2.75) is 0 Å². The molecule has 3 heteroatoms. The van der Waals surface area contributed by atoms with Crippen molar-refractivity contribution in [3.8, 4) is 0 Å². The smallest absolute Gasteiger partial charge is 1.00 e. The molecule has 0 aliphatic heterocycles. The largest absolute Gasteiger partial charge is 2.00 e. The molecule has 1 rings (SSSR count). The van der Waals surface area contributed by atoms with E-state index in [1.54, 1.807) is 18.4 Å². The Labute approximate surface area is 75.6 Å². The van der Waals surface area contributed by atoms with Gasteiger partial charge in [-0.25, -0.2) is 0 Å². The van der Waals surface area contributed by atoms with E-state index in [0.29, 0.717) is 0 Å². The third-order valence-corrected chi connectivity index (χ3v) is 0.379. The van der Waals surface area contributed by atoms with Crippen LogP contribution in [0.25, 0.3) is 0 Å². The van der Waals surface area contributed by atoms with Gasteiger partial charge < -0.3 is 28.4 Å². The van der Waals surface area contributed by atoms with E-state index < -0.39 is 0 Å². The zero-order chi connectivity index (χ0) is 3.54. The minimum atomic E-state index is 0. The van der Waals surface area contributed by atoms with Crippen LogP contribution in [0.3, 0.4) is 0 Å². The van der Waals surface area contributed by atoms with Gasteiger partial charge >= 0.3 is 23.1 Å². The second-order valence-corrected chi connectivity index (χ2v) is 0.731. The van der Waals surface area contributed by atoms with Crippen molar-refractivity contribution in [2.75, 3.05) is 0 Å². The normalized spacial score (nSPS) is 5.71. The van der Waals surface area contributed by atoms with Gasteiger partial charge in [-0.1, -0.05) is 6.26 Å². The minimum Gasteiger partial charge on any atom is -1.00 e. The molecule has 0 radical (unpaired) electrons. The van der Waals surface area contributed by atoms with Crippen LogP contribution in [-0.4, -0.2) is 23.1 Å². The van der Waals surface area contributed by atoms with Crippen LogP contribution in [0.5, 0.6) is 0 Å².